The predicted molar refractivity (Wildman–Crippen MR) is 89.1 cm³/mol. The quantitative estimate of drug-likeness (QED) is 0.930. The first-order chi connectivity index (χ1) is 10.7. The molecule has 1 unspecified atom stereocenters. The van der Waals surface area contributed by atoms with Gasteiger partial charge in [0.15, 0.2) is 11.5 Å². The van der Waals surface area contributed by atoms with Gasteiger partial charge in [-0.15, -0.1) is 0 Å². The smallest absolute Gasteiger partial charge is 0.161 e. The Morgan fingerprint density at radius 3 is 2.59 bits per heavy atom. The van der Waals surface area contributed by atoms with Crippen LogP contribution in [0.2, 0.25) is 5.02 Å². The summed E-state index contributed by atoms with van der Waals surface area (Å²) in [5.74, 6) is 1.56. The van der Waals surface area contributed by atoms with Gasteiger partial charge in [-0.05, 0) is 54.3 Å². The number of hydrogen-bond donors (Lipinski definition) is 1. The first kappa shape index (κ1) is 15.2. The maximum Gasteiger partial charge on any atom is 0.161 e. The van der Waals surface area contributed by atoms with E-state index in [1.54, 1.807) is 14.2 Å². The minimum absolute atomic E-state index is 0.239. The number of fused-ring (bicyclic) bond motifs is 1. The Balaban J connectivity index is 1.95. The molecule has 0 bridgehead atoms. The fraction of sp³-hybridized carbons (Fsp3) is 0.333. The summed E-state index contributed by atoms with van der Waals surface area (Å²) in [6.45, 7) is 0.956. The number of hydrogen-bond acceptors (Lipinski definition) is 3. The molecule has 0 amide bonds. The zero-order chi connectivity index (χ0) is 15.5. The molecule has 1 heterocycles. The Morgan fingerprint density at radius 2 is 1.86 bits per heavy atom. The van der Waals surface area contributed by atoms with Crippen molar-refractivity contribution in [1.29, 1.82) is 0 Å². The topological polar surface area (TPSA) is 30.5 Å². The largest absolute Gasteiger partial charge is 0.493 e. The highest BCUT2D eigenvalue weighted by Gasteiger charge is 2.23. The van der Waals surface area contributed by atoms with Gasteiger partial charge in [0.25, 0.3) is 0 Å². The van der Waals surface area contributed by atoms with Gasteiger partial charge in [0.1, 0.15) is 0 Å². The molecule has 116 valence electrons. The fourth-order valence-corrected chi connectivity index (χ4v) is 3.25. The molecule has 3 rings (SSSR count). The summed E-state index contributed by atoms with van der Waals surface area (Å²) in [4.78, 5) is 0. The van der Waals surface area contributed by atoms with Crippen LogP contribution in [-0.4, -0.2) is 20.8 Å². The lowest BCUT2D eigenvalue weighted by Crippen LogP contribution is -2.31. The number of methoxy groups -OCH3 is 2. The van der Waals surface area contributed by atoms with Gasteiger partial charge in [0, 0.05) is 11.1 Å². The van der Waals surface area contributed by atoms with E-state index in [0.29, 0.717) is 0 Å². The third kappa shape index (κ3) is 2.92. The Bertz CT molecular complexity index is 672. The summed E-state index contributed by atoms with van der Waals surface area (Å²) < 4.78 is 10.9. The molecule has 4 heteroatoms. The molecular formula is C18H20ClNO2. The zero-order valence-corrected chi connectivity index (χ0v) is 13.6. The lowest BCUT2D eigenvalue weighted by molar-refractivity contribution is 0.352. The summed E-state index contributed by atoms with van der Waals surface area (Å²) in [7, 11) is 3.34. The molecular weight excluding hydrogens is 298 g/mol. The average molecular weight is 318 g/mol. The van der Waals surface area contributed by atoms with Gasteiger partial charge in [-0.1, -0.05) is 29.8 Å². The summed E-state index contributed by atoms with van der Waals surface area (Å²) >= 11 is 6.30. The zero-order valence-electron chi connectivity index (χ0n) is 12.9. The van der Waals surface area contributed by atoms with Crippen LogP contribution in [0.25, 0.3) is 0 Å². The van der Waals surface area contributed by atoms with E-state index < -0.39 is 0 Å². The second kappa shape index (κ2) is 6.59. The normalized spacial score (nSPS) is 17.0. The Kier molecular flexibility index (Phi) is 4.55. The fourth-order valence-electron chi connectivity index (χ4n) is 3.03. The third-order valence-corrected chi connectivity index (χ3v) is 4.56. The van der Waals surface area contributed by atoms with Gasteiger partial charge in [-0.2, -0.15) is 0 Å². The monoisotopic (exact) mass is 317 g/mol. The average Bonchev–Trinajstić information content (AvgIpc) is 2.56. The van der Waals surface area contributed by atoms with E-state index in [0.717, 1.165) is 41.5 Å². The molecule has 3 nitrogen and oxygen atoms in total. The number of ether oxygens (including phenoxy) is 2. The van der Waals surface area contributed by atoms with Crippen molar-refractivity contribution in [2.24, 2.45) is 0 Å². The van der Waals surface area contributed by atoms with E-state index in [9.17, 15) is 0 Å². The molecule has 1 aliphatic rings. The molecule has 0 fully saturated rings. The third-order valence-electron chi connectivity index (χ3n) is 4.19. The second-order valence-electron chi connectivity index (χ2n) is 5.46. The van der Waals surface area contributed by atoms with Crippen molar-refractivity contribution < 1.29 is 9.47 Å². The van der Waals surface area contributed by atoms with E-state index in [2.05, 4.69) is 23.5 Å². The first-order valence-corrected chi connectivity index (χ1v) is 7.82. The van der Waals surface area contributed by atoms with Crippen molar-refractivity contribution in [1.82, 2.24) is 5.32 Å². The molecule has 0 aromatic heterocycles. The van der Waals surface area contributed by atoms with Crippen LogP contribution in [0.1, 0.15) is 22.7 Å². The van der Waals surface area contributed by atoms with Crippen LogP contribution in [0.15, 0.2) is 36.4 Å². The summed E-state index contributed by atoms with van der Waals surface area (Å²) in [5, 5.41) is 4.40. The highest BCUT2D eigenvalue weighted by molar-refractivity contribution is 6.31. The molecule has 0 saturated carbocycles. The number of benzene rings is 2. The van der Waals surface area contributed by atoms with E-state index in [1.807, 2.05) is 18.2 Å². The van der Waals surface area contributed by atoms with Crippen LogP contribution < -0.4 is 14.8 Å². The Morgan fingerprint density at radius 1 is 1.14 bits per heavy atom. The summed E-state index contributed by atoms with van der Waals surface area (Å²) in [6.07, 6.45) is 1.86. The van der Waals surface area contributed by atoms with E-state index in [4.69, 9.17) is 21.1 Å². The van der Waals surface area contributed by atoms with Crippen LogP contribution in [0.3, 0.4) is 0 Å². The van der Waals surface area contributed by atoms with Gasteiger partial charge < -0.3 is 14.8 Å². The molecule has 1 aliphatic heterocycles. The number of nitrogens with one attached hydrogen (secondary N) is 1. The minimum atomic E-state index is 0.239. The minimum Gasteiger partial charge on any atom is -0.493 e. The van der Waals surface area contributed by atoms with E-state index in [-0.39, 0.29) is 6.04 Å². The Hall–Kier alpha value is -1.71. The Labute approximate surface area is 136 Å². The maximum absolute atomic E-state index is 6.30. The van der Waals surface area contributed by atoms with Gasteiger partial charge in [0.2, 0.25) is 0 Å². The lowest BCUT2D eigenvalue weighted by atomic mass is 9.90. The SMILES string of the molecule is COc1cc2c(cc1OC)C(Cc1ccccc1Cl)NCC2. The van der Waals surface area contributed by atoms with E-state index in [1.165, 1.54) is 11.1 Å². The maximum atomic E-state index is 6.30. The summed E-state index contributed by atoms with van der Waals surface area (Å²) in [6, 6.07) is 12.4. The lowest BCUT2D eigenvalue weighted by Gasteiger charge is -2.28. The van der Waals surface area contributed by atoms with Crippen LogP contribution in [0.4, 0.5) is 0 Å². The molecule has 0 saturated heterocycles. The van der Waals surface area contributed by atoms with Crippen molar-refractivity contribution in [2.75, 3.05) is 20.8 Å². The van der Waals surface area contributed by atoms with Gasteiger partial charge in [-0.25, -0.2) is 0 Å². The van der Waals surface area contributed by atoms with Crippen LogP contribution in [0, 0.1) is 0 Å². The highest BCUT2D eigenvalue weighted by atomic mass is 35.5. The molecule has 0 radical (unpaired) electrons. The van der Waals surface area contributed by atoms with Gasteiger partial charge in [-0.3, -0.25) is 0 Å². The van der Waals surface area contributed by atoms with Crippen molar-refractivity contribution in [3.63, 3.8) is 0 Å². The molecule has 0 spiro atoms. The predicted octanol–water partition coefficient (Wildman–Crippen LogP) is 3.79. The molecule has 0 aliphatic carbocycles. The number of halogens is 1. The van der Waals surface area contributed by atoms with Crippen LogP contribution in [0.5, 0.6) is 11.5 Å². The number of rotatable bonds is 4. The molecule has 1 atom stereocenters. The second-order valence-corrected chi connectivity index (χ2v) is 5.87. The van der Waals surface area contributed by atoms with Crippen LogP contribution in [-0.2, 0) is 12.8 Å². The van der Waals surface area contributed by atoms with E-state index >= 15 is 0 Å². The molecule has 1 N–H and O–H groups in total. The van der Waals surface area contributed by atoms with Crippen molar-refractivity contribution >= 4 is 11.6 Å². The van der Waals surface area contributed by atoms with Gasteiger partial charge in [0.05, 0.1) is 14.2 Å². The molecule has 22 heavy (non-hydrogen) atoms. The molecule has 2 aromatic rings. The van der Waals surface area contributed by atoms with Crippen molar-refractivity contribution in [3.8, 4) is 11.5 Å². The first-order valence-electron chi connectivity index (χ1n) is 7.44. The standard InChI is InChI=1S/C18H20ClNO2/c1-21-17-10-12-7-8-20-16(14(12)11-18(17)22-2)9-13-5-3-4-6-15(13)19/h3-6,10-11,16,20H,7-9H2,1-2H3. The van der Waals surface area contributed by atoms with Crippen molar-refractivity contribution in [3.05, 3.63) is 58.1 Å². The van der Waals surface area contributed by atoms with Crippen LogP contribution >= 0.6 is 11.6 Å². The molecule has 2 aromatic carbocycles. The summed E-state index contributed by atoms with van der Waals surface area (Å²) in [5.41, 5.74) is 3.74. The van der Waals surface area contributed by atoms with Crippen molar-refractivity contribution in [2.45, 2.75) is 18.9 Å². The van der Waals surface area contributed by atoms with Gasteiger partial charge >= 0.3 is 0 Å². The highest BCUT2D eigenvalue weighted by Crippen LogP contribution is 2.36.